The molecule has 2 aliphatic rings. The van der Waals surface area contributed by atoms with Crippen molar-refractivity contribution in [3.8, 4) is 11.3 Å². The van der Waals surface area contributed by atoms with Crippen molar-refractivity contribution in [1.29, 1.82) is 0 Å². The van der Waals surface area contributed by atoms with Crippen molar-refractivity contribution in [1.82, 2.24) is 20.5 Å². The van der Waals surface area contributed by atoms with Crippen molar-refractivity contribution in [2.24, 2.45) is 0 Å². The van der Waals surface area contributed by atoms with Crippen LogP contribution >= 0.6 is 0 Å². The second-order valence-electron chi connectivity index (χ2n) is 9.71. The predicted molar refractivity (Wildman–Crippen MR) is 134 cm³/mol. The lowest BCUT2D eigenvalue weighted by molar-refractivity contribution is 0.0828. The standard InChI is InChI=1S/C27H35N5O/c1-3-20-9-11-24(31-30-20)22-17-19-16-18(2)8-10-23(19)29-27(22)32-14-12-21(13-15-32)28-25-6-4-5-7-26(25)33/h8-11,16-17,21,25-26,28,33H,3-7,12-15H2,1-2H3/t25-,26-/m0/s1. The van der Waals surface area contributed by atoms with Crippen molar-refractivity contribution in [3.63, 3.8) is 0 Å². The molecule has 1 saturated heterocycles. The molecular weight excluding hydrogens is 410 g/mol. The number of benzene rings is 1. The number of nitrogens with one attached hydrogen (secondary N) is 1. The Labute approximate surface area is 196 Å². The Kier molecular flexibility index (Phi) is 6.56. The topological polar surface area (TPSA) is 74.2 Å². The summed E-state index contributed by atoms with van der Waals surface area (Å²) in [6, 6.07) is 13.5. The summed E-state index contributed by atoms with van der Waals surface area (Å²) in [7, 11) is 0. The highest BCUT2D eigenvalue weighted by Gasteiger charge is 2.28. The molecule has 6 heteroatoms. The van der Waals surface area contributed by atoms with Crippen LogP contribution in [0.1, 0.15) is 56.7 Å². The van der Waals surface area contributed by atoms with Gasteiger partial charge in [-0.3, -0.25) is 0 Å². The molecule has 5 rings (SSSR count). The molecule has 3 aromatic rings. The maximum absolute atomic E-state index is 10.4. The highest BCUT2D eigenvalue weighted by atomic mass is 16.3. The molecule has 0 radical (unpaired) electrons. The van der Waals surface area contributed by atoms with E-state index >= 15 is 0 Å². The molecule has 0 amide bonds. The van der Waals surface area contributed by atoms with E-state index in [1.54, 1.807) is 0 Å². The minimum absolute atomic E-state index is 0.196. The number of rotatable bonds is 5. The fourth-order valence-electron chi connectivity index (χ4n) is 5.27. The van der Waals surface area contributed by atoms with E-state index in [1.165, 1.54) is 12.0 Å². The number of fused-ring (bicyclic) bond motifs is 1. The zero-order valence-electron chi connectivity index (χ0n) is 19.8. The zero-order chi connectivity index (χ0) is 22.8. The van der Waals surface area contributed by atoms with E-state index in [4.69, 9.17) is 4.98 Å². The number of nitrogens with zero attached hydrogens (tertiary/aromatic N) is 4. The molecule has 174 valence electrons. The number of aliphatic hydroxyl groups is 1. The molecule has 1 aliphatic carbocycles. The first kappa shape index (κ1) is 22.2. The maximum Gasteiger partial charge on any atom is 0.138 e. The average molecular weight is 446 g/mol. The van der Waals surface area contributed by atoms with Gasteiger partial charge in [-0.05, 0) is 69.4 Å². The van der Waals surface area contributed by atoms with Crippen LogP contribution in [0.25, 0.3) is 22.2 Å². The van der Waals surface area contributed by atoms with E-state index in [2.05, 4.69) is 70.7 Å². The number of hydrogen-bond donors (Lipinski definition) is 2. The van der Waals surface area contributed by atoms with E-state index in [0.717, 1.165) is 85.3 Å². The van der Waals surface area contributed by atoms with E-state index in [-0.39, 0.29) is 12.1 Å². The summed E-state index contributed by atoms with van der Waals surface area (Å²) in [6.45, 7) is 6.10. The van der Waals surface area contributed by atoms with Gasteiger partial charge in [0, 0.05) is 36.1 Å². The first-order chi connectivity index (χ1) is 16.1. The van der Waals surface area contributed by atoms with Crippen molar-refractivity contribution >= 4 is 16.7 Å². The average Bonchev–Trinajstić information content (AvgIpc) is 2.85. The SMILES string of the molecule is CCc1ccc(-c2cc3cc(C)ccc3nc2N2CCC(N[C@H]3CCCC[C@@H]3O)CC2)nn1. The third-order valence-electron chi connectivity index (χ3n) is 7.28. The molecule has 6 nitrogen and oxygen atoms in total. The number of hydrogen-bond acceptors (Lipinski definition) is 6. The Balaban J connectivity index is 1.40. The first-order valence-electron chi connectivity index (χ1n) is 12.5. The third-order valence-corrected chi connectivity index (χ3v) is 7.28. The fraction of sp³-hybridized carbons (Fsp3) is 0.519. The molecule has 2 atom stereocenters. The van der Waals surface area contributed by atoms with Gasteiger partial charge in [0.25, 0.3) is 0 Å². The summed E-state index contributed by atoms with van der Waals surface area (Å²) in [5.41, 5.74) is 5.18. The molecule has 2 N–H and O–H groups in total. The quantitative estimate of drug-likeness (QED) is 0.605. The number of aliphatic hydroxyl groups excluding tert-OH is 1. The van der Waals surface area contributed by atoms with Crippen molar-refractivity contribution in [3.05, 3.63) is 47.7 Å². The van der Waals surface area contributed by atoms with Crippen LogP contribution in [0, 0.1) is 6.92 Å². The lowest BCUT2D eigenvalue weighted by Gasteiger charge is -2.38. The monoisotopic (exact) mass is 445 g/mol. The molecular formula is C27H35N5O. The van der Waals surface area contributed by atoms with Gasteiger partial charge in [-0.15, -0.1) is 0 Å². The number of aryl methyl sites for hydroxylation is 2. The molecule has 33 heavy (non-hydrogen) atoms. The lowest BCUT2D eigenvalue weighted by atomic mass is 9.91. The summed E-state index contributed by atoms with van der Waals surface area (Å²) in [4.78, 5) is 7.51. The summed E-state index contributed by atoms with van der Waals surface area (Å²) in [5, 5.41) is 24.2. The molecule has 1 aliphatic heterocycles. The molecule has 0 spiro atoms. The Morgan fingerprint density at radius 1 is 1.00 bits per heavy atom. The third kappa shape index (κ3) is 4.87. The van der Waals surface area contributed by atoms with Crippen molar-refractivity contribution in [2.75, 3.05) is 18.0 Å². The van der Waals surface area contributed by atoms with Crippen molar-refractivity contribution in [2.45, 2.75) is 77.0 Å². The number of anilines is 1. The van der Waals surface area contributed by atoms with Crippen LogP contribution < -0.4 is 10.2 Å². The fourth-order valence-corrected chi connectivity index (χ4v) is 5.27. The van der Waals surface area contributed by atoms with Crippen LogP contribution in [-0.4, -0.2) is 51.6 Å². The Bertz CT molecular complexity index is 1090. The Hall–Kier alpha value is -2.57. The van der Waals surface area contributed by atoms with Gasteiger partial charge in [0.05, 0.1) is 23.0 Å². The molecule has 2 aromatic heterocycles. The van der Waals surface area contributed by atoms with Crippen molar-refractivity contribution < 1.29 is 5.11 Å². The molecule has 2 fully saturated rings. The minimum Gasteiger partial charge on any atom is -0.392 e. The van der Waals surface area contributed by atoms with Gasteiger partial charge >= 0.3 is 0 Å². The smallest absolute Gasteiger partial charge is 0.138 e. The second kappa shape index (κ2) is 9.74. The summed E-state index contributed by atoms with van der Waals surface area (Å²) in [5.74, 6) is 1.00. The van der Waals surface area contributed by atoms with Gasteiger partial charge in [0.1, 0.15) is 5.82 Å². The van der Waals surface area contributed by atoms with Crippen LogP contribution in [0.15, 0.2) is 36.4 Å². The van der Waals surface area contributed by atoms with E-state index in [0.29, 0.717) is 6.04 Å². The van der Waals surface area contributed by atoms with Crippen LogP contribution in [0.4, 0.5) is 5.82 Å². The Morgan fingerprint density at radius 2 is 1.82 bits per heavy atom. The normalized spacial score (nSPS) is 22.1. The van der Waals surface area contributed by atoms with Gasteiger partial charge < -0.3 is 15.3 Å². The molecule has 3 heterocycles. The highest BCUT2D eigenvalue weighted by molar-refractivity contribution is 5.89. The van der Waals surface area contributed by atoms with Gasteiger partial charge in [0.2, 0.25) is 0 Å². The van der Waals surface area contributed by atoms with Gasteiger partial charge in [-0.1, -0.05) is 31.4 Å². The number of piperidine rings is 1. The van der Waals surface area contributed by atoms with E-state index in [9.17, 15) is 5.11 Å². The zero-order valence-corrected chi connectivity index (χ0v) is 19.8. The van der Waals surface area contributed by atoms with Crippen LogP contribution in [-0.2, 0) is 6.42 Å². The van der Waals surface area contributed by atoms with Crippen LogP contribution in [0.5, 0.6) is 0 Å². The molecule has 1 saturated carbocycles. The van der Waals surface area contributed by atoms with Gasteiger partial charge in [0.15, 0.2) is 0 Å². The molecule has 0 unspecified atom stereocenters. The second-order valence-corrected chi connectivity index (χ2v) is 9.71. The first-order valence-corrected chi connectivity index (χ1v) is 12.5. The summed E-state index contributed by atoms with van der Waals surface area (Å²) >= 11 is 0. The highest BCUT2D eigenvalue weighted by Crippen LogP contribution is 2.33. The summed E-state index contributed by atoms with van der Waals surface area (Å²) < 4.78 is 0. The van der Waals surface area contributed by atoms with Crippen LogP contribution in [0.2, 0.25) is 0 Å². The minimum atomic E-state index is -0.196. The largest absolute Gasteiger partial charge is 0.392 e. The Morgan fingerprint density at radius 3 is 2.55 bits per heavy atom. The number of pyridine rings is 1. The van der Waals surface area contributed by atoms with Gasteiger partial charge in [-0.2, -0.15) is 10.2 Å². The van der Waals surface area contributed by atoms with E-state index in [1.807, 2.05) is 0 Å². The maximum atomic E-state index is 10.4. The molecule has 1 aromatic carbocycles. The lowest BCUT2D eigenvalue weighted by Crippen LogP contribution is -2.51. The predicted octanol–water partition coefficient (Wildman–Crippen LogP) is 4.42. The number of aromatic nitrogens is 3. The van der Waals surface area contributed by atoms with Gasteiger partial charge in [-0.25, -0.2) is 4.98 Å². The van der Waals surface area contributed by atoms with Crippen LogP contribution in [0.3, 0.4) is 0 Å². The van der Waals surface area contributed by atoms with E-state index < -0.39 is 0 Å². The molecule has 0 bridgehead atoms. The summed E-state index contributed by atoms with van der Waals surface area (Å²) in [6.07, 6.45) is 7.17.